The molecule has 0 bridgehead atoms. The summed E-state index contributed by atoms with van der Waals surface area (Å²) < 4.78 is 29.5. The van der Waals surface area contributed by atoms with E-state index in [1.165, 1.54) is 23.5 Å². The molecular formula is C23H25F2N5OS. The number of pyridine rings is 1. The summed E-state index contributed by atoms with van der Waals surface area (Å²) in [5, 5.41) is 6.93. The van der Waals surface area contributed by atoms with Crippen LogP contribution in [0, 0.1) is 24.5 Å². The molecule has 168 valence electrons. The van der Waals surface area contributed by atoms with E-state index in [9.17, 15) is 13.6 Å². The van der Waals surface area contributed by atoms with Crippen molar-refractivity contribution in [3.63, 3.8) is 0 Å². The summed E-state index contributed by atoms with van der Waals surface area (Å²) >= 11 is 1.23. The number of nitrogens with zero attached hydrogens (tertiary/aromatic N) is 2. The zero-order valence-electron chi connectivity index (χ0n) is 17.8. The number of aryl methyl sites for hydroxylation is 1. The Morgan fingerprint density at radius 2 is 2.16 bits per heavy atom. The third kappa shape index (κ3) is 3.80. The number of aromatic nitrogens is 1. The quantitative estimate of drug-likeness (QED) is 0.548. The SMILES string of the molecule is Cc1ccc2c(N)c(C(=O)NCCc3cc(F)c(N4CC5CCNC5C4)cc3F)sc2n1. The molecule has 6 nitrogen and oxygen atoms in total. The van der Waals surface area contributed by atoms with Crippen molar-refractivity contribution in [3.8, 4) is 0 Å². The molecule has 4 N–H and O–H groups in total. The largest absolute Gasteiger partial charge is 0.397 e. The lowest BCUT2D eigenvalue weighted by molar-refractivity contribution is 0.0959. The Morgan fingerprint density at radius 3 is 2.97 bits per heavy atom. The van der Waals surface area contributed by atoms with E-state index in [0.717, 1.165) is 30.6 Å². The molecule has 1 amide bonds. The molecule has 0 aliphatic carbocycles. The van der Waals surface area contributed by atoms with Gasteiger partial charge < -0.3 is 21.3 Å². The van der Waals surface area contributed by atoms with Gasteiger partial charge in [0.15, 0.2) is 0 Å². The lowest BCUT2D eigenvalue weighted by Gasteiger charge is -2.21. The third-order valence-corrected chi connectivity index (χ3v) is 7.55. The van der Waals surface area contributed by atoms with E-state index in [2.05, 4.69) is 15.6 Å². The first kappa shape index (κ1) is 21.1. The van der Waals surface area contributed by atoms with Gasteiger partial charge in [-0.1, -0.05) is 0 Å². The summed E-state index contributed by atoms with van der Waals surface area (Å²) in [5.41, 5.74) is 7.91. The maximum absolute atomic E-state index is 14.8. The van der Waals surface area contributed by atoms with Crippen molar-refractivity contribution in [2.75, 3.05) is 36.8 Å². The number of nitrogens with one attached hydrogen (secondary N) is 2. The number of fused-ring (bicyclic) bond motifs is 2. The molecule has 9 heteroatoms. The standard InChI is InChI=1S/C23H25F2N5OS/c1-12-2-3-15-20(26)21(32-23(15)29-12)22(31)28-7-4-13-8-17(25)19(9-16(13)24)30-10-14-5-6-27-18(14)11-30/h2-3,8-9,14,18,27H,4-7,10-11,26H2,1H3,(H,28,31). The van der Waals surface area contributed by atoms with Gasteiger partial charge in [0.25, 0.3) is 5.91 Å². The number of anilines is 2. The Labute approximate surface area is 188 Å². The van der Waals surface area contributed by atoms with Crippen molar-refractivity contribution in [1.29, 1.82) is 0 Å². The lowest BCUT2D eigenvalue weighted by atomic mass is 10.1. The van der Waals surface area contributed by atoms with E-state index in [4.69, 9.17) is 5.73 Å². The van der Waals surface area contributed by atoms with Crippen LogP contribution in [-0.4, -0.2) is 43.1 Å². The van der Waals surface area contributed by atoms with Gasteiger partial charge in [-0.15, -0.1) is 11.3 Å². The van der Waals surface area contributed by atoms with Crippen molar-refractivity contribution in [2.24, 2.45) is 5.92 Å². The van der Waals surface area contributed by atoms with Crippen LogP contribution in [0.1, 0.15) is 27.3 Å². The summed E-state index contributed by atoms with van der Waals surface area (Å²) in [4.78, 5) is 20.0. The van der Waals surface area contributed by atoms with Crippen molar-refractivity contribution < 1.29 is 13.6 Å². The van der Waals surface area contributed by atoms with Gasteiger partial charge in [-0.25, -0.2) is 13.8 Å². The van der Waals surface area contributed by atoms with Crippen molar-refractivity contribution in [3.05, 3.63) is 52.0 Å². The Hall–Kier alpha value is -2.78. The number of nitrogens with two attached hydrogens (primary N) is 1. The van der Waals surface area contributed by atoms with Gasteiger partial charge in [-0.05, 0) is 56.0 Å². The maximum atomic E-state index is 14.8. The minimum atomic E-state index is -0.457. The van der Waals surface area contributed by atoms with Crippen LogP contribution >= 0.6 is 11.3 Å². The molecule has 2 aliphatic rings. The highest BCUT2D eigenvalue weighted by atomic mass is 32.1. The molecule has 4 heterocycles. The lowest BCUT2D eigenvalue weighted by Crippen LogP contribution is -2.30. The molecule has 32 heavy (non-hydrogen) atoms. The van der Waals surface area contributed by atoms with Gasteiger partial charge in [-0.2, -0.15) is 0 Å². The van der Waals surface area contributed by atoms with Crippen LogP contribution in [0.5, 0.6) is 0 Å². The predicted molar refractivity (Wildman–Crippen MR) is 123 cm³/mol. The van der Waals surface area contributed by atoms with E-state index in [1.807, 2.05) is 24.0 Å². The molecule has 0 spiro atoms. The molecule has 3 aromatic rings. The number of nitrogen functional groups attached to an aromatic ring is 1. The number of halogens is 2. The number of hydrogen-bond donors (Lipinski definition) is 3. The number of carbonyl (C=O) groups excluding carboxylic acids is 1. The van der Waals surface area contributed by atoms with Crippen LogP contribution in [0.15, 0.2) is 24.3 Å². The fraction of sp³-hybridized carbons (Fsp3) is 0.391. The van der Waals surface area contributed by atoms with Crippen molar-refractivity contribution in [1.82, 2.24) is 15.6 Å². The van der Waals surface area contributed by atoms with Crippen LogP contribution < -0.4 is 21.3 Å². The topological polar surface area (TPSA) is 83.3 Å². The van der Waals surface area contributed by atoms with Crippen LogP contribution in [0.2, 0.25) is 0 Å². The van der Waals surface area contributed by atoms with Crippen LogP contribution in [0.4, 0.5) is 20.2 Å². The van der Waals surface area contributed by atoms with Gasteiger partial charge in [0.2, 0.25) is 0 Å². The first-order valence-electron chi connectivity index (χ1n) is 10.8. The smallest absolute Gasteiger partial charge is 0.263 e. The number of thiophene rings is 1. The highest BCUT2D eigenvalue weighted by Crippen LogP contribution is 2.33. The third-order valence-electron chi connectivity index (χ3n) is 6.44. The molecule has 2 aromatic heterocycles. The fourth-order valence-electron chi connectivity index (χ4n) is 4.71. The number of benzene rings is 1. The van der Waals surface area contributed by atoms with E-state index >= 15 is 0 Å². The molecule has 5 rings (SSSR count). The summed E-state index contributed by atoms with van der Waals surface area (Å²) in [6.07, 6.45) is 1.26. The molecule has 0 saturated carbocycles. The predicted octanol–water partition coefficient (Wildman–Crippen LogP) is 3.24. The van der Waals surface area contributed by atoms with Gasteiger partial charge in [0.05, 0.1) is 11.4 Å². The van der Waals surface area contributed by atoms with Crippen molar-refractivity contribution >= 4 is 38.8 Å². The Balaban J connectivity index is 1.24. The molecule has 2 atom stereocenters. The van der Waals surface area contributed by atoms with Crippen LogP contribution in [0.25, 0.3) is 10.2 Å². The molecule has 1 aromatic carbocycles. The van der Waals surface area contributed by atoms with Crippen LogP contribution in [0.3, 0.4) is 0 Å². The average molecular weight is 458 g/mol. The zero-order chi connectivity index (χ0) is 22.4. The fourth-order valence-corrected chi connectivity index (χ4v) is 5.76. The number of rotatable bonds is 5. The monoisotopic (exact) mass is 457 g/mol. The average Bonchev–Trinajstić information content (AvgIpc) is 3.44. The molecule has 2 saturated heterocycles. The highest BCUT2D eigenvalue weighted by Gasteiger charge is 2.37. The molecule has 2 fully saturated rings. The number of carbonyl (C=O) groups is 1. The Kier molecular flexibility index (Phi) is 5.46. The first-order valence-corrected chi connectivity index (χ1v) is 11.6. The second-order valence-electron chi connectivity index (χ2n) is 8.57. The first-order chi connectivity index (χ1) is 15.4. The summed E-state index contributed by atoms with van der Waals surface area (Å²) in [5.74, 6) is -0.728. The zero-order valence-corrected chi connectivity index (χ0v) is 18.6. The van der Waals surface area contributed by atoms with E-state index < -0.39 is 11.6 Å². The number of amides is 1. The Morgan fingerprint density at radius 1 is 1.31 bits per heavy atom. The minimum absolute atomic E-state index is 0.173. The van der Waals surface area contributed by atoms with Crippen LogP contribution in [-0.2, 0) is 6.42 Å². The van der Waals surface area contributed by atoms with Gasteiger partial charge in [0, 0.05) is 42.8 Å². The molecule has 2 aliphatic heterocycles. The minimum Gasteiger partial charge on any atom is -0.397 e. The maximum Gasteiger partial charge on any atom is 0.263 e. The van der Waals surface area contributed by atoms with E-state index in [-0.39, 0.29) is 24.4 Å². The van der Waals surface area contributed by atoms with Crippen molar-refractivity contribution in [2.45, 2.75) is 25.8 Å². The van der Waals surface area contributed by atoms with Gasteiger partial charge >= 0.3 is 0 Å². The second-order valence-corrected chi connectivity index (χ2v) is 9.56. The van der Waals surface area contributed by atoms with Gasteiger partial charge in [0.1, 0.15) is 21.3 Å². The summed E-state index contributed by atoms with van der Waals surface area (Å²) in [6.45, 7) is 4.48. The molecular weight excluding hydrogens is 432 g/mol. The summed E-state index contributed by atoms with van der Waals surface area (Å²) in [7, 11) is 0. The van der Waals surface area contributed by atoms with E-state index in [1.54, 1.807) is 0 Å². The van der Waals surface area contributed by atoms with Gasteiger partial charge in [-0.3, -0.25) is 4.79 Å². The van der Waals surface area contributed by atoms with E-state index in [0.29, 0.717) is 39.6 Å². The Bertz CT molecular complexity index is 1180. The molecule has 0 radical (unpaired) electrons. The normalized spacial score (nSPS) is 20.2. The number of hydrogen-bond acceptors (Lipinski definition) is 6. The molecule has 2 unspecified atom stereocenters. The highest BCUT2D eigenvalue weighted by molar-refractivity contribution is 7.21. The second kappa shape index (κ2) is 8.29. The summed E-state index contributed by atoms with van der Waals surface area (Å²) in [6, 6.07) is 6.58.